The zero-order valence-corrected chi connectivity index (χ0v) is 10.0. The van der Waals surface area contributed by atoms with Gasteiger partial charge >= 0.3 is 18.9 Å². The molecule has 0 saturated carbocycles. The Morgan fingerprint density at radius 2 is 1.73 bits per heavy atom. The third-order valence-corrected chi connectivity index (χ3v) is 2.32. The Balaban J connectivity index is 0.00000196. The minimum atomic E-state index is 0. The van der Waals surface area contributed by atoms with E-state index in [1.807, 2.05) is 18.2 Å². The summed E-state index contributed by atoms with van der Waals surface area (Å²) in [6.45, 7) is 5.88. The first-order valence-corrected chi connectivity index (χ1v) is 5.01. The number of rotatable bonds is 3. The van der Waals surface area contributed by atoms with Crippen LogP contribution in [0.4, 0.5) is 0 Å². The maximum absolute atomic E-state index is 11.1. The molecule has 76 valence electrons. The summed E-state index contributed by atoms with van der Waals surface area (Å²) in [6.07, 6.45) is 1.81. The van der Waals surface area contributed by atoms with E-state index in [-0.39, 0.29) is 30.5 Å². The van der Waals surface area contributed by atoms with E-state index in [0.29, 0.717) is 5.92 Å². The summed E-state index contributed by atoms with van der Waals surface area (Å²) < 4.78 is 0. The van der Waals surface area contributed by atoms with Crippen LogP contribution in [0.25, 0.3) is 0 Å². The minimum Gasteiger partial charge on any atom is -0.876 e. The first-order valence-electron chi connectivity index (χ1n) is 5.01. The normalized spacial score (nSPS) is 13.5. The van der Waals surface area contributed by atoms with Crippen LogP contribution in [0.5, 0.6) is 0 Å². The molecule has 0 bridgehead atoms. The fraction of sp³-hybridized carbons (Fsp3) is 0.385. The van der Waals surface area contributed by atoms with Crippen molar-refractivity contribution >= 4 is 0 Å². The van der Waals surface area contributed by atoms with Crippen molar-refractivity contribution in [1.82, 2.24) is 0 Å². The predicted molar refractivity (Wildman–Crippen MR) is 57.8 cm³/mol. The number of hydrogen-bond donors (Lipinski definition) is 0. The molecule has 2 heteroatoms. The molecule has 1 aromatic carbocycles. The van der Waals surface area contributed by atoms with Crippen LogP contribution in [-0.4, -0.2) is 0 Å². The van der Waals surface area contributed by atoms with E-state index in [0.717, 1.165) is 0 Å². The second-order valence-electron chi connectivity index (χ2n) is 3.96. The molecule has 0 aliphatic carbocycles. The van der Waals surface area contributed by atoms with Crippen LogP contribution in [0.3, 0.4) is 0 Å². The topological polar surface area (TPSA) is 23.1 Å². The maximum Gasteiger partial charge on any atom is 1.00 e. The Hall–Kier alpha value is -0.643. The average Bonchev–Trinajstić information content (AvgIpc) is 2.15. The van der Waals surface area contributed by atoms with E-state index < -0.39 is 0 Å². The third-order valence-electron chi connectivity index (χ3n) is 2.32. The summed E-state index contributed by atoms with van der Waals surface area (Å²) >= 11 is 0. The van der Waals surface area contributed by atoms with Crippen molar-refractivity contribution < 1.29 is 24.0 Å². The second-order valence-corrected chi connectivity index (χ2v) is 3.96. The molecule has 0 radical (unpaired) electrons. The molecule has 0 aliphatic rings. The van der Waals surface area contributed by atoms with Crippen LogP contribution in [0.2, 0.25) is 0 Å². The molecule has 1 nitrogen and oxygen atoms in total. The maximum atomic E-state index is 11.1. The Morgan fingerprint density at radius 1 is 1.20 bits per heavy atom. The van der Waals surface area contributed by atoms with E-state index in [2.05, 4.69) is 26.0 Å². The van der Waals surface area contributed by atoms with Gasteiger partial charge in [0.25, 0.3) is 0 Å². The Bertz CT molecular complexity index is 300. The van der Waals surface area contributed by atoms with Crippen molar-refractivity contribution in [3.05, 3.63) is 47.7 Å². The number of hydrogen-bond acceptors (Lipinski definition) is 1. The molecule has 1 unspecified atom stereocenters. The van der Waals surface area contributed by atoms with Crippen LogP contribution in [0, 0.1) is 5.92 Å². The van der Waals surface area contributed by atoms with Crippen molar-refractivity contribution in [2.24, 2.45) is 5.92 Å². The smallest absolute Gasteiger partial charge is 0.876 e. The van der Waals surface area contributed by atoms with Crippen molar-refractivity contribution in [2.45, 2.75) is 26.7 Å². The summed E-state index contributed by atoms with van der Waals surface area (Å²) in [5.74, 6) is 0.850. The fourth-order valence-corrected chi connectivity index (χ4v) is 1.60. The van der Waals surface area contributed by atoms with Gasteiger partial charge in [0.15, 0.2) is 0 Å². The average molecular weight is 196 g/mol. The van der Waals surface area contributed by atoms with Gasteiger partial charge in [-0.15, -0.1) is 5.76 Å². The quantitative estimate of drug-likeness (QED) is 0.480. The molecule has 1 atom stereocenters. The second kappa shape index (κ2) is 6.77. The molecule has 0 aromatic heterocycles. The van der Waals surface area contributed by atoms with Gasteiger partial charge in [-0.25, -0.2) is 0 Å². The molecule has 15 heavy (non-hydrogen) atoms. The van der Waals surface area contributed by atoms with E-state index in [1.54, 1.807) is 13.0 Å². The Labute approximate surface area is 104 Å². The van der Waals surface area contributed by atoms with Crippen LogP contribution < -0.4 is 24.0 Å². The summed E-state index contributed by atoms with van der Waals surface area (Å²) in [5, 5.41) is 11.1. The number of allylic oxidation sites excluding steroid dienone is 2. The first kappa shape index (κ1) is 14.4. The molecule has 0 aliphatic heterocycles. The molecule has 0 heterocycles. The largest absolute Gasteiger partial charge is 1.00 e. The van der Waals surface area contributed by atoms with E-state index in [1.165, 1.54) is 5.56 Å². The van der Waals surface area contributed by atoms with Gasteiger partial charge in [-0.05, 0) is 11.5 Å². The molecular formula is C13H17LiO. The SMILES string of the molecule is C/C([O-])=C/C(c1ccccc1)C(C)C.[Li+]. The zero-order valence-electron chi connectivity index (χ0n) is 10.0. The molecule has 1 aromatic rings. The summed E-state index contributed by atoms with van der Waals surface area (Å²) in [5.41, 5.74) is 1.22. The van der Waals surface area contributed by atoms with Crippen molar-refractivity contribution in [2.75, 3.05) is 0 Å². The molecule has 0 N–H and O–H groups in total. The molecular weight excluding hydrogens is 179 g/mol. The molecule has 0 fully saturated rings. The van der Waals surface area contributed by atoms with E-state index in [9.17, 15) is 5.11 Å². The molecule has 0 saturated heterocycles. The van der Waals surface area contributed by atoms with Gasteiger partial charge in [0.1, 0.15) is 0 Å². The van der Waals surface area contributed by atoms with Crippen molar-refractivity contribution in [3.63, 3.8) is 0 Å². The van der Waals surface area contributed by atoms with Gasteiger partial charge in [0, 0.05) is 5.92 Å². The summed E-state index contributed by atoms with van der Waals surface area (Å²) in [6, 6.07) is 10.2. The van der Waals surface area contributed by atoms with Gasteiger partial charge < -0.3 is 5.11 Å². The minimum absolute atomic E-state index is 0. The Kier molecular flexibility index (Phi) is 6.48. The van der Waals surface area contributed by atoms with E-state index in [4.69, 9.17) is 0 Å². The van der Waals surface area contributed by atoms with Crippen LogP contribution >= 0.6 is 0 Å². The number of benzene rings is 1. The standard InChI is InChI=1S/C13H18O.Li/c1-10(2)13(9-11(3)14)12-7-5-4-6-8-12;/h4-10,13-14H,1-3H3;/q;+1/p-1/b11-9-;. The van der Waals surface area contributed by atoms with Crippen LogP contribution in [0.1, 0.15) is 32.3 Å². The molecule has 0 amide bonds. The van der Waals surface area contributed by atoms with Gasteiger partial charge in [0.2, 0.25) is 0 Å². The summed E-state index contributed by atoms with van der Waals surface area (Å²) in [7, 11) is 0. The fourth-order valence-electron chi connectivity index (χ4n) is 1.60. The summed E-state index contributed by atoms with van der Waals surface area (Å²) in [4.78, 5) is 0. The van der Waals surface area contributed by atoms with Gasteiger partial charge in [-0.2, -0.15) is 0 Å². The van der Waals surface area contributed by atoms with Gasteiger partial charge in [-0.1, -0.05) is 57.2 Å². The predicted octanol–water partition coefficient (Wildman–Crippen LogP) is -0.306. The van der Waals surface area contributed by atoms with Crippen LogP contribution in [0.15, 0.2) is 42.2 Å². The van der Waals surface area contributed by atoms with E-state index >= 15 is 0 Å². The van der Waals surface area contributed by atoms with Gasteiger partial charge in [0.05, 0.1) is 0 Å². The van der Waals surface area contributed by atoms with Crippen molar-refractivity contribution in [1.29, 1.82) is 0 Å². The zero-order chi connectivity index (χ0) is 10.6. The first-order chi connectivity index (χ1) is 6.61. The molecule has 0 spiro atoms. The van der Waals surface area contributed by atoms with Crippen molar-refractivity contribution in [3.8, 4) is 0 Å². The van der Waals surface area contributed by atoms with Gasteiger partial charge in [-0.3, -0.25) is 0 Å². The molecule has 1 rings (SSSR count). The Morgan fingerprint density at radius 3 is 2.13 bits per heavy atom. The monoisotopic (exact) mass is 196 g/mol. The van der Waals surface area contributed by atoms with Crippen LogP contribution in [-0.2, 0) is 0 Å². The third kappa shape index (κ3) is 4.60.